The number of carbonyl (C=O) groups is 1. The molecule has 0 bridgehead atoms. The van der Waals surface area contributed by atoms with Gasteiger partial charge in [0, 0.05) is 12.4 Å². The molecule has 0 unspecified atom stereocenters. The number of carboxylic acids is 1. The number of fused-ring (bicyclic) bond motifs is 1. The van der Waals surface area contributed by atoms with Crippen molar-refractivity contribution in [3.8, 4) is 5.75 Å². The molecule has 1 N–H and O–H groups in total. The van der Waals surface area contributed by atoms with Gasteiger partial charge in [0.25, 0.3) is 0 Å². The molecule has 1 aromatic heterocycles. The Hall–Kier alpha value is -1.97. The third-order valence-electron chi connectivity index (χ3n) is 3.06. The second-order valence-corrected chi connectivity index (χ2v) is 3.94. The number of benzene rings is 1. The standard InChI is InChI=1S/C13H15NO3/c1-4-8-5-6-10-9(12(8)17-3)7-11(13(15)16)14(10)2/h5-7H,4H2,1-3H3,(H,15,16). The number of aromatic carboxylic acids is 1. The molecule has 0 saturated carbocycles. The number of aromatic nitrogens is 1. The minimum Gasteiger partial charge on any atom is -0.496 e. The zero-order valence-electron chi connectivity index (χ0n) is 10.2. The lowest BCUT2D eigenvalue weighted by Gasteiger charge is -2.08. The first kappa shape index (κ1) is 11.5. The zero-order valence-corrected chi connectivity index (χ0v) is 10.2. The van der Waals surface area contributed by atoms with Crippen molar-refractivity contribution in [1.29, 1.82) is 0 Å². The highest BCUT2D eigenvalue weighted by molar-refractivity contribution is 5.97. The molecular formula is C13H15NO3. The molecule has 0 atom stereocenters. The van der Waals surface area contributed by atoms with E-state index in [4.69, 9.17) is 9.84 Å². The van der Waals surface area contributed by atoms with Gasteiger partial charge in [-0.1, -0.05) is 13.0 Å². The van der Waals surface area contributed by atoms with Crippen molar-refractivity contribution in [3.63, 3.8) is 0 Å². The predicted molar refractivity (Wildman–Crippen MR) is 65.8 cm³/mol. The second kappa shape index (κ2) is 4.13. The Labute approximate surface area is 99.4 Å². The minimum atomic E-state index is -0.927. The van der Waals surface area contributed by atoms with Crippen molar-refractivity contribution in [2.45, 2.75) is 13.3 Å². The summed E-state index contributed by atoms with van der Waals surface area (Å²) in [5.74, 6) is -0.156. The van der Waals surface area contributed by atoms with E-state index >= 15 is 0 Å². The number of carboxylic acid groups (broad SMARTS) is 1. The number of methoxy groups -OCH3 is 1. The second-order valence-electron chi connectivity index (χ2n) is 3.94. The number of aryl methyl sites for hydroxylation is 2. The number of ether oxygens (including phenoxy) is 1. The molecule has 0 saturated heterocycles. The van der Waals surface area contributed by atoms with E-state index in [0.717, 1.165) is 28.6 Å². The summed E-state index contributed by atoms with van der Waals surface area (Å²) in [6.07, 6.45) is 0.858. The first-order chi connectivity index (χ1) is 8.10. The van der Waals surface area contributed by atoms with E-state index in [1.54, 1.807) is 24.8 Å². The van der Waals surface area contributed by atoms with Crippen LogP contribution in [0.3, 0.4) is 0 Å². The number of hydrogen-bond acceptors (Lipinski definition) is 2. The molecule has 0 fully saturated rings. The Morgan fingerprint density at radius 3 is 2.71 bits per heavy atom. The van der Waals surface area contributed by atoms with Crippen molar-refractivity contribution in [3.05, 3.63) is 29.5 Å². The van der Waals surface area contributed by atoms with Crippen molar-refractivity contribution in [2.75, 3.05) is 7.11 Å². The van der Waals surface area contributed by atoms with Crippen LogP contribution in [0.1, 0.15) is 23.0 Å². The first-order valence-electron chi connectivity index (χ1n) is 5.48. The Morgan fingerprint density at radius 2 is 2.18 bits per heavy atom. The predicted octanol–water partition coefficient (Wildman–Crippen LogP) is 2.45. The fraction of sp³-hybridized carbons (Fsp3) is 0.308. The highest BCUT2D eigenvalue weighted by Gasteiger charge is 2.16. The third kappa shape index (κ3) is 1.65. The maximum Gasteiger partial charge on any atom is 0.352 e. The van der Waals surface area contributed by atoms with E-state index in [9.17, 15) is 4.79 Å². The fourth-order valence-corrected chi connectivity index (χ4v) is 2.15. The largest absolute Gasteiger partial charge is 0.496 e. The Morgan fingerprint density at radius 1 is 1.47 bits per heavy atom. The number of rotatable bonds is 3. The summed E-state index contributed by atoms with van der Waals surface area (Å²) in [5.41, 5.74) is 2.23. The van der Waals surface area contributed by atoms with Crippen molar-refractivity contribution < 1.29 is 14.6 Å². The van der Waals surface area contributed by atoms with E-state index in [1.807, 2.05) is 19.1 Å². The van der Waals surface area contributed by atoms with Crippen LogP contribution in [0.5, 0.6) is 5.75 Å². The number of hydrogen-bond donors (Lipinski definition) is 1. The van der Waals surface area contributed by atoms with Gasteiger partial charge in [0.1, 0.15) is 11.4 Å². The quantitative estimate of drug-likeness (QED) is 0.885. The third-order valence-corrected chi connectivity index (χ3v) is 3.06. The fourth-order valence-electron chi connectivity index (χ4n) is 2.15. The highest BCUT2D eigenvalue weighted by atomic mass is 16.5. The Kier molecular flexibility index (Phi) is 2.79. The Bertz CT molecular complexity index is 584. The van der Waals surface area contributed by atoms with E-state index in [1.165, 1.54) is 0 Å². The molecule has 1 aromatic carbocycles. The SMILES string of the molecule is CCc1ccc2c(cc(C(=O)O)n2C)c1OC. The summed E-state index contributed by atoms with van der Waals surface area (Å²) in [6, 6.07) is 5.57. The van der Waals surface area contributed by atoms with Crippen molar-refractivity contribution in [1.82, 2.24) is 4.57 Å². The molecule has 0 aliphatic rings. The van der Waals surface area contributed by atoms with Crippen LogP contribution in [0.15, 0.2) is 18.2 Å². The van der Waals surface area contributed by atoms with Crippen molar-refractivity contribution in [2.24, 2.45) is 7.05 Å². The summed E-state index contributed by atoms with van der Waals surface area (Å²) < 4.78 is 7.06. The molecule has 4 nitrogen and oxygen atoms in total. The molecular weight excluding hydrogens is 218 g/mol. The van der Waals surface area contributed by atoms with Gasteiger partial charge in [-0.2, -0.15) is 0 Å². The molecule has 4 heteroatoms. The minimum absolute atomic E-state index is 0.270. The van der Waals surface area contributed by atoms with E-state index < -0.39 is 5.97 Å². The van der Waals surface area contributed by atoms with Gasteiger partial charge in [-0.15, -0.1) is 0 Å². The highest BCUT2D eigenvalue weighted by Crippen LogP contribution is 2.32. The molecule has 90 valence electrons. The van der Waals surface area contributed by atoms with Crippen LogP contribution in [-0.4, -0.2) is 22.8 Å². The molecule has 0 aliphatic carbocycles. The monoisotopic (exact) mass is 233 g/mol. The van der Waals surface area contributed by atoms with Gasteiger partial charge in [-0.25, -0.2) is 4.79 Å². The molecule has 0 aliphatic heterocycles. The maximum atomic E-state index is 11.1. The van der Waals surface area contributed by atoms with Crippen LogP contribution >= 0.6 is 0 Å². The van der Waals surface area contributed by atoms with E-state index in [0.29, 0.717) is 0 Å². The van der Waals surface area contributed by atoms with Crippen LogP contribution in [0, 0.1) is 0 Å². The summed E-state index contributed by atoms with van der Waals surface area (Å²) in [5, 5.41) is 9.95. The summed E-state index contributed by atoms with van der Waals surface area (Å²) in [4.78, 5) is 11.1. The summed E-state index contributed by atoms with van der Waals surface area (Å²) >= 11 is 0. The van der Waals surface area contributed by atoms with Crippen LogP contribution in [0.4, 0.5) is 0 Å². The van der Waals surface area contributed by atoms with Crippen LogP contribution < -0.4 is 4.74 Å². The van der Waals surface area contributed by atoms with Crippen LogP contribution in [0.2, 0.25) is 0 Å². The van der Waals surface area contributed by atoms with Gasteiger partial charge in [0.2, 0.25) is 0 Å². The topological polar surface area (TPSA) is 51.5 Å². The van der Waals surface area contributed by atoms with Gasteiger partial charge >= 0.3 is 5.97 Å². The van der Waals surface area contributed by atoms with Gasteiger partial charge in [-0.3, -0.25) is 0 Å². The lowest BCUT2D eigenvalue weighted by molar-refractivity contribution is 0.0687. The molecule has 17 heavy (non-hydrogen) atoms. The average Bonchev–Trinajstić information content (AvgIpc) is 2.65. The van der Waals surface area contributed by atoms with E-state index in [2.05, 4.69) is 0 Å². The van der Waals surface area contributed by atoms with Gasteiger partial charge < -0.3 is 14.4 Å². The molecule has 0 amide bonds. The normalized spacial score (nSPS) is 10.8. The molecule has 2 rings (SSSR count). The van der Waals surface area contributed by atoms with E-state index in [-0.39, 0.29) is 5.69 Å². The average molecular weight is 233 g/mol. The lowest BCUT2D eigenvalue weighted by atomic mass is 10.1. The summed E-state index contributed by atoms with van der Waals surface area (Å²) in [7, 11) is 3.36. The summed E-state index contributed by atoms with van der Waals surface area (Å²) in [6.45, 7) is 2.05. The number of nitrogens with zero attached hydrogens (tertiary/aromatic N) is 1. The van der Waals surface area contributed by atoms with Crippen molar-refractivity contribution >= 4 is 16.9 Å². The molecule has 0 radical (unpaired) electrons. The molecule has 2 aromatic rings. The zero-order chi connectivity index (χ0) is 12.6. The van der Waals surface area contributed by atoms with Crippen LogP contribution in [0.25, 0.3) is 10.9 Å². The van der Waals surface area contributed by atoms with Gasteiger partial charge in [0.05, 0.1) is 12.6 Å². The smallest absolute Gasteiger partial charge is 0.352 e. The molecule has 0 spiro atoms. The Balaban J connectivity index is 2.81. The first-order valence-corrected chi connectivity index (χ1v) is 5.48. The van der Waals surface area contributed by atoms with Gasteiger partial charge in [-0.05, 0) is 24.1 Å². The molecule has 1 heterocycles. The van der Waals surface area contributed by atoms with Gasteiger partial charge in [0.15, 0.2) is 0 Å². The lowest BCUT2D eigenvalue weighted by Crippen LogP contribution is -2.03. The van der Waals surface area contributed by atoms with Crippen LogP contribution in [-0.2, 0) is 13.5 Å². The maximum absolute atomic E-state index is 11.1.